The SMILES string of the molecule is CNCC(CC1CCCCC1)NCC(CO)NCC1(c2ccccc2)CC1. The topological polar surface area (TPSA) is 56.3 Å². The zero-order chi connectivity index (χ0) is 19.0. The van der Waals surface area contributed by atoms with E-state index in [-0.39, 0.29) is 12.6 Å². The minimum absolute atomic E-state index is 0.122. The van der Waals surface area contributed by atoms with Gasteiger partial charge in [-0.25, -0.2) is 0 Å². The van der Waals surface area contributed by atoms with Crippen LogP contribution in [0, 0.1) is 5.92 Å². The third-order valence-corrected chi connectivity index (χ3v) is 6.64. The third-order valence-electron chi connectivity index (χ3n) is 6.64. The quantitative estimate of drug-likeness (QED) is 0.455. The minimum atomic E-state index is 0.122. The lowest BCUT2D eigenvalue weighted by Gasteiger charge is -2.29. The summed E-state index contributed by atoms with van der Waals surface area (Å²) in [4.78, 5) is 0. The number of aliphatic hydroxyl groups excluding tert-OH is 1. The van der Waals surface area contributed by atoms with Crippen molar-refractivity contribution in [3.8, 4) is 0 Å². The molecule has 152 valence electrons. The molecule has 2 aliphatic rings. The molecule has 4 N–H and O–H groups in total. The van der Waals surface area contributed by atoms with Gasteiger partial charge >= 0.3 is 0 Å². The summed E-state index contributed by atoms with van der Waals surface area (Å²) in [5.41, 5.74) is 1.73. The van der Waals surface area contributed by atoms with E-state index in [9.17, 15) is 5.11 Å². The molecule has 0 radical (unpaired) electrons. The van der Waals surface area contributed by atoms with Crippen molar-refractivity contribution < 1.29 is 5.11 Å². The van der Waals surface area contributed by atoms with Crippen LogP contribution in [-0.2, 0) is 5.41 Å². The van der Waals surface area contributed by atoms with Gasteiger partial charge < -0.3 is 21.1 Å². The Hall–Kier alpha value is -0.940. The summed E-state index contributed by atoms with van der Waals surface area (Å²) in [7, 11) is 2.04. The molecule has 27 heavy (non-hydrogen) atoms. The molecule has 0 aromatic heterocycles. The van der Waals surface area contributed by atoms with Crippen LogP contribution in [-0.4, -0.2) is 50.5 Å². The van der Waals surface area contributed by atoms with E-state index in [0.29, 0.717) is 11.5 Å². The summed E-state index contributed by atoms with van der Waals surface area (Å²) in [6, 6.07) is 11.5. The van der Waals surface area contributed by atoms with Gasteiger partial charge in [0.15, 0.2) is 0 Å². The number of nitrogens with one attached hydrogen (secondary N) is 3. The van der Waals surface area contributed by atoms with Gasteiger partial charge in [-0.1, -0.05) is 62.4 Å². The molecule has 2 atom stereocenters. The summed E-state index contributed by atoms with van der Waals surface area (Å²) in [6.45, 7) is 2.99. The van der Waals surface area contributed by atoms with Crippen LogP contribution in [0.15, 0.2) is 30.3 Å². The molecule has 4 nitrogen and oxygen atoms in total. The fourth-order valence-electron chi connectivity index (χ4n) is 4.67. The monoisotopic (exact) mass is 373 g/mol. The van der Waals surface area contributed by atoms with E-state index in [0.717, 1.165) is 25.6 Å². The predicted molar refractivity (Wildman–Crippen MR) is 113 cm³/mol. The molecular weight excluding hydrogens is 334 g/mol. The lowest BCUT2D eigenvalue weighted by molar-refractivity contribution is 0.225. The maximum Gasteiger partial charge on any atom is 0.0597 e. The first-order chi connectivity index (χ1) is 13.3. The summed E-state index contributed by atoms with van der Waals surface area (Å²) in [6.07, 6.45) is 10.8. The lowest BCUT2D eigenvalue weighted by Crippen LogP contribution is -2.49. The smallest absolute Gasteiger partial charge is 0.0597 e. The van der Waals surface area contributed by atoms with Gasteiger partial charge in [-0.2, -0.15) is 0 Å². The number of likely N-dealkylation sites (N-methyl/N-ethyl adjacent to an activating group) is 1. The van der Waals surface area contributed by atoms with Gasteiger partial charge in [-0.3, -0.25) is 0 Å². The van der Waals surface area contributed by atoms with E-state index >= 15 is 0 Å². The van der Waals surface area contributed by atoms with Crippen molar-refractivity contribution in [1.82, 2.24) is 16.0 Å². The van der Waals surface area contributed by atoms with E-state index in [1.54, 1.807) is 0 Å². The molecule has 4 heteroatoms. The van der Waals surface area contributed by atoms with Gasteiger partial charge in [0.2, 0.25) is 0 Å². The molecule has 0 amide bonds. The number of rotatable bonds is 12. The van der Waals surface area contributed by atoms with Crippen LogP contribution in [0.2, 0.25) is 0 Å². The molecule has 2 fully saturated rings. The lowest BCUT2D eigenvalue weighted by atomic mass is 9.84. The number of benzene rings is 1. The second kappa shape index (κ2) is 10.6. The van der Waals surface area contributed by atoms with Crippen molar-refractivity contribution in [2.75, 3.05) is 33.3 Å². The maximum absolute atomic E-state index is 9.86. The first-order valence-electron chi connectivity index (χ1n) is 11.0. The Kier molecular flexibility index (Phi) is 8.13. The molecule has 0 spiro atoms. The Morgan fingerprint density at radius 1 is 1.00 bits per heavy atom. The predicted octanol–water partition coefficient (Wildman–Crippen LogP) is 2.82. The normalized spacial score (nSPS) is 21.7. The first kappa shape index (κ1) is 20.8. The Balaban J connectivity index is 1.44. The third kappa shape index (κ3) is 6.28. The average Bonchev–Trinajstić information content (AvgIpc) is 3.51. The minimum Gasteiger partial charge on any atom is -0.395 e. The van der Waals surface area contributed by atoms with Gasteiger partial charge in [0, 0.05) is 37.1 Å². The van der Waals surface area contributed by atoms with Gasteiger partial charge in [-0.05, 0) is 37.8 Å². The van der Waals surface area contributed by atoms with Crippen LogP contribution in [0.25, 0.3) is 0 Å². The van der Waals surface area contributed by atoms with Gasteiger partial charge in [-0.15, -0.1) is 0 Å². The standard InChI is InChI=1S/C23H39N3O/c1-24-15-21(14-19-8-4-2-5-9-19)25-16-22(17-27)26-18-23(12-13-23)20-10-6-3-7-11-20/h3,6-7,10-11,19,21-22,24-27H,2,4-5,8-9,12-18H2,1H3. The van der Waals surface area contributed by atoms with E-state index in [2.05, 4.69) is 46.3 Å². The Morgan fingerprint density at radius 3 is 2.37 bits per heavy atom. The molecule has 2 saturated carbocycles. The van der Waals surface area contributed by atoms with Gasteiger partial charge in [0.1, 0.15) is 0 Å². The van der Waals surface area contributed by atoms with E-state index in [4.69, 9.17) is 0 Å². The van der Waals surface area contributed by atoms with E-state index in [1.165, 1.54) is 56.9 Å². The summed E-state index contributed by atoms with van der Waals surface area (Å²) >= 11 is 0. The van der Waals surface area contributed by atoms with Crippen LogP contribution in [0.5, 0.6) is 0 Å². The second-order valence-corrected chi connectivity index (χ2v) is 8.81. The molecule has 0 saturated heterocycles. The van der Waals surface area contributed by atoms with Gasteiger partial charge in [0.05, 0.1) is 6.61 Å². The highest BCUT2D eigenvalue weighted by Crippen LogP contribution is 2.47. The highest BCUT2D eigenvalue weighted by molar-refractivity contribution is 5.31. The fourth-order valence-corrected chi connectivity index (χ4v) is 4.67. The Labute approximate surface area is 165 Å². The zero-order valence-corrected chi connectivity index (χ0v) is 17.1. The van der Waals surface area contributed by atoms with Crippen molar-refractivity contribution in [2.45, 2.75) is 68.9 Å². The van der Waals surface area contributed by atoms with Crippen molar-refractivity contribution in [3.63, 3.8) is 0 Å². The van der Waals surface area contributed by atoms with Crippen molar-refractivity contribution >= 4 is 0 Å². The van der Waals surface area contributed by atoms with E-state index in [1.807, 2.05) is 7.05 Å². The molecule has 1 aromatic carbocycles. The van der Waals surface area contributed by atoms with Crippen molar-refractivity contribution in [2.24, 2.45) is 5.92 Å². The van der Waals surface area contributed by atoms with Crippen molar-refractivity contribution in [3.05, 3.63) is 35.9 Å². The highest BCUT2D eigenvalue weighted by Gasteiger charge is 2.43. The molecule has 2 aliphatic carbocycles. The molecular formula is C23H39N3O. The number of hydrogen-bond donors (Lipinski definition) is 4. The van der Waals surface area contributed by atoms with Crippen LogP contribution < -0.4 is 16.0 Å². The Bertz CT molecular complexity index is 526. The average molecular weight is 374 g/mol. The largest absolute Gasteiger partial charge is 0.395 e. The van der Waals surface area contributed by atoms with Crippen molar-refractivity contribution in [1.29, 1.82) is 0 Å². The van der Waals surface area contributed by atoms with Crippen LogP contribution in [0.3, 0.4) is 0 Å². The highest BCUT2D eigenvalue weighted by atomic mass is 16.3. The van der Waals surface area contributed by atoms with Crippen LogP contribution >= 0.6 is 0 Å². The summed E-state index contributed by atoms with van der Waals surface area (Å²) in [5.74, 6) is 0.873. The molecule has 1 aromatic rings. The molecule has 0 heterocycles. The van der Waals surface area contributed by atoms with Crippen LogP contribution in [0.1, 0.15) is 56.9 Å². The maximum atomic E-state index is 9.86. The number of aliphatic hydroxyl groups is 1. The van der Waals surface area contributed by atoms with Crippen LogP contribution in [0.4, 0.5) is 0 Å². The first-order valence-corrected chi connectivity index (χ1v) is 11.0. The van der Waals surface area contributed by atoms with Gasteiger partial charge in [0.25, 0.3) is 0 Å². The molecule has 2 unspecified atom stereocenters. The van der Waals surface area contributed by atoms with E-state index < -0.39 is 0 Å². The molecule has 3 rings (SSSR count). The number of hydrogen-bond acceptors (Lipinski definition) is 4. The second-order valence-electron chi connectivity index (χ2n) is 8.81. The molecule has 0 bridgehead atoms. The summed E-state index contributed by atoms with van der Waals surface area (Å²) < 4.78 is 0. The molecule has 0 aliphatic heterocycles. The Morgan fingerprint density at radius 2 is 1.74 bits per heavy atom. The zero-order valence-electron chi connectivity index (χ0n) is 17.1. The fraction of sp³-hybridized carbons (Fsp3) is 0.739. The summed E-state index contributed by atoms with van der Waals surface area (Å²) in [5, 5.41) is 20.6.